The number of aliphatic carboxylic acids is 1. The molecule has 0 spiro atoms. The zero-order valence-corrected chi connectivity index (χ0v) is 17.0. The second-order valence-corrected chi connectivity index (χ2v) is 9.02. The average molecular weight is 431 g/mol. The molecule has 0 saturated heterocycles. The molecule has 3 aliphatic rings. The summed E-state index contributed by atoms with van der Waals surface area (Å²) in [5.41, 5.74) is 3.03. The van der Waals surface area contributed by atoms with Gasteiger partial charge in [0.15, 0.2) is 5.17 Å². The fraction of sp³-hybridized carbons (Fsp3) is 0.238. The van der Waals surface area contributed by atoms with E-state index in [0.29, 0.717) is 20.9 Å². The van der Waals surface area contributed by atoms with Crippen LogP contribution in [-0.4, -0.2) is 21.1 Å². The molecule has 0 aromatic heterocycles. The van der Waals surface area contributed by atoms with Crippen molar-refractivity contribution in [2.75, 3.05) is 0 Å². The fourth-order valence-electron chi connectivity index (χ4n) is 3.89. The van der Waals surface area contributed by atoms with E-state index in [0.717, 1.165) is 34.8 Å². The zero-order valence-electron chi connectivity index (χ0n) is 14.7. The van der Waals surface area contributed by atoms with E-state index in [2.05, 4.69) is 4.90 Å². The summed E-state index contributed by atoms with van der Waals surface area (Å²) in [6.45, 7) is 0. The van der Waals surface area contributed by atoms with Crippen LogP contribution in [0.15, 0.2) is 64.1 Å². The highest BCUT2D eigenvalue weighted by Crippen LogP contribution is 2.56. The van der Waals surface area contributed by atoms with Gasteiger partial charge in [0.1, 0.15) is 10.9 Å². The molecule has 7 heteroatoms. The van der Waals surface area contributed by atoms with Gasteiger partial charge in [-0.2, -0.15) is 0 Å². The lowest BCUT2D eigenvalue weighted by atomic mass is 9.93. The van der Waals surface area contributed by atoms with Gasteiger partial charge in [0.25, 0.3) is 0 Å². The Kier molecular flexibility index (Phi) is 4.42. The predicted molar refractivity (Wildman–Crippen MR) is 113 cm³/mol. The minimum atomic E-state index is -0.873. The maximum Gasteiger partial charge on any atom is 0.344 e. The monoisotopic (exact) mass is 430 g/mol. The summed E-state index contributed by atoms with van der Waals surface area (Å²) < 4.78 is 0. The number of benzene rings is 2. The second-order valence-electron chi connectivity index (χ2n) is 7.17. The third kappa shape index (κ3) is 3.02. The Morgan fingerprint density at radius 2 is 1.57 bits per heavy atom. The maximum atomic E-state index is 11.9. The number of carboxylic acid groups (broad SMARTS) is 1. The second kappa shape index (κ2) is 6.83. The molecule has 28 heavy (non-hydrogen) atoms. The number of rotatable bonds is 4. The van der Waals surface area contributed by atoms with Crippen LogP contribution < -0.4 is 0 Å². The summed E-state index contributed by atoms with van der Waals surface area (Å²) in [4.78, 5) is 19.4. The number of hydrogen-bond acceptors (Lipinski definition) is 4. The number of nitrogens with zero attached hydrogens (tertiary/aromatic N) is 2. The summed E-state index contributed by atoms with van der Waals surface area (Å²) in [5, 5.41) is 11.8. The molecule has 1 saturated carbocycles. The van der Waals surface area contributed by atoms with Crippen molar-refractivity contribution in [1.82, 2.24) is 4.90 Å². The Bertz CT molecular complexity index is 1010. The van der Waals surface area contributed by atoms with Gasteiger partial charge in [-0.15, -0.1) is 0 Å². The Morgan fingerprint density at radius 3 is 2.11 bits per heavy atom. The minimum Gasteiger partial charge on any atom is -0.477 e. The van der Waals surface area contributed by atoms with Crippen LogP contribution >= 0.6 is 35.0 Å². The first-order valence-corrected chi connectivity index (χ1v) is 10.6. The van der Waals surface area contributed by atoms with E-state index in [1.165, 1.54) is 11.8 Å². The average Bonchev–Trinajstić information content (AvgIpc) is 3.34. The van der Waals surface area contributed by atoms with E-state index in [4.69, 9.17) is 28.2 Å². The lowest BCUT2D eigenvalue weighted by Gasteiger charge is -2.30. The largest absolute Gasteiger partial charge is 0.477 e. The maximum absolute atomic E-state index is 11.9. The number of hydrogen-bond donors (Lipinski definition) is 1. The Balaban J connectivity index is 1.63. The Hall–Kier alpha value is -1.95. The van der Waals surface area contributed by atoms with E-state index in [1.807, 2.05) is 48.5 Å². The van der Waals surface area contributed by atoms with Crippen molar-refractivity contribution in [2.45, 2.75) is 24.9 Å². The Morgan fingerprint density at radius 1 is 1.00 bits per heavy atom. The molecular formula is C21H16Cl2N2O2S. The molecule has 2 aliphatic heterocycles. The van der Waals surface area contributed by atoms with Crippen molar-refractivity contribution >= 4 is 46.1 Å². The molecule has 5 rings (SSSR count). The van der Waals surface area contributed by atoms with Crippen molar-refractivity contribution in [3.63, 3.8) is 0 Å². The topological polar surface area (TPSA) is 52.9 Å². The smallest absolute Gasteiger partial charge is 0.344 e. The van der Waals surface area contributed by atoms with Gasteiger partial charge in [-0.05, 0) is 60.0 Å². The molecule has 2 atom stereocenters. The lowest BCUT2D eigenvalue weighted by Crippen LogP contribution is -2.28. The first kappa shape index (κ1) is 18.1. The molecule has 2 aromatic rings. The van der Waals surface area contributed by atoms with Crippen LogP contribution in [0.2, 0.25) is 10.0 Å². The summed E-state index contributed by atoms with van der Waals surface area (Å²) >= 11 is 13.5. The van der Waals surface area contributed by atoms with Crippen molar-refractivity contribution in [1.29, 1.82) is 0 Å². The molecule has 1 N–H and O–H groups in total. The van der Waals surface area contributed by atoms with Gasteiger partial charge in [-0.25, -0.2) is 4.79 Å². The number of amidine groups is 1. The molecule has 2 heterocycles. The Labute approximate surface area is 176 Å². The molecule has 0 amide bonds. The molecule has 1 fully saturated rings. The van der Waals surface area contributed by atoms with E-state index < -0.39 is 5.97 Å². The van der Waals surface area contributed by atoms with Crippen molar-refractivity contribution < 1.29 is 9.90 Å². The van der Waals surface area contributed by atoms with E-state index in [-0.39, 0.29) is 12.1 Å². The third-order valence-electron chi connectivity index (χ3n) is 5.30. The van der Waals surface area contributed by atoms with Crippen LogP contribution in [0.1, 0.15) is 36.1 Å². The van der Waals surface area contributed by atoms with E-state index >= 15 is 0 Å². The van der Waals surface area contributed by atoms with Crippen LogP contribution in [0.3, 0.4) is 0 Å². The summed E-state index contributed by atoms with van der Waals surface area (Å²) in [6, 6.07) is 15.2. The number of thioether (sulfide) groups is 1. The number of aliphatic imine (C=N–C) groups is 1. The number of carbonyl (C=O) groups is 1. The first-order valence-electron chi connectivity index (χ1n) is 9.06. The van der Waals surface area contributed by atoms with Gasteiger partial charge in [0, 0.05) is 21.7 Å². The predicted octanol–water partition coefficient (Wildman–Crippen LogP) is 5.90. The van der Waals surface area contributed by atoms with Crippen LogP contribution in [-0.2, 0) is 4.79 Å². The number of fused-ring (bicyclic) bond motifs is 1. The fourth-order valence-corrected chi connectivity index (χ4v) is 5.26. The van der Waals surface area contributed by atoms with Crippen LogP contribution in [0.4, 0.5) is 0 Å². The molecule has 0 unspecified atom stereocenters. The molecule has 4 nitrogen and oxygen atoms in total. The van der Waals surface area contributed by atoms with Crippen molar-refractivity contribution in [3.8, 4) is 0 Å². The molecule has 0 bridgehead atoms. The SMILES string of the molecule is O=C(O)C1=C(C2CC2)N2C(=N[C@@H](c3ccc(Cl)cc3)[C@H]2c2ccc(Cl)cc2)S1. The summed E-state index contributed by atoms with van der Waals surface area (Å²) in [6.07, 6.45) is 2.05. The van der Waals surface area contributed by atoms with Gasteiger partial charge in [0.2, 0.25) is 0 Å². The quantitative estimate of drug-likeness (QED) is 0.655. The number of allylic oxidation sites excluding steroid dienone is 1. The number of carboxylic acids is 1. The van der Waals surface area contributed by atoms with Crippen LogP contribution in [0, 0.1) is 5.92 Å². The van der Waals surface area contributed by atoms with Gasteiger partial charge >= 0.3 is 5.97 Å². The van der Waals surface area contributed by atoms with Gasteiger partial charge < -0.3 is 10.0 Å². The van der Waals surface area contributed by atoms with E-state index in [1.54, 1.807) is 0 Å². The highest BCUT2D eigenvalue weighted by atomic mass is 35.5. The molecule has 2 aromatic carbocycles. The molecule has 0 radical (unpaired) electrons. The summed E-state index contributed by atoms with van der Waals surface area (Å²) in [7, 11) is 0. The first-order chi connectivity index (χ1) is 13.5. The lowest BCUT2D eigenvalue weighted by molar-refractivity contribution is -0.131. The van der Waals surface area contributed by atoms with Crippen molar-refractivity contribution in [3.05, 3.63) is 80.3 Å². The standard InChI is InChI=1S/C21H16Cl2N2O2S/c22-14-7-3-11(4-8-14)16-17(12-5-9-15(23)10-6-12)25-18(13-1-2-13)19(20(26)27)28-21(25)24-16/h3-10,13,16-17H,1-2H2,(H,26,27)/t16-,17+/m0/s1. The number of halogens is 2. The van der Waals surface area contributed by atoms with Gasteiger partial charge in [-0.1, -0.05) is 47.5 Å². The van der Waals surface area contributed by atoms with E-state index in [9.17, 15) is 9.90 Å². The van der Waals surface area contributed by atoms with Crippen LogP contribution in [0.5, 0.6) is 0 Å². The highest BCUT2D eigenvalue weighted by Gasteiger charge is 2.50. The van der Waals surface area contributed by atoms with Gasteiger partial charge in [0.05, 0.1) is 6.04 Å². The third-order valence-corrected chi connectivity index (χ3v) is 6.88. The minimum absolute atomic E-state index is 0.103. The zero-order chi connectivity index (χ0) is 19.4. The van der Waals surface area contributed by atoms with Crippen LogP contribution in [0.25, 0.3) is 0 Å². The summed E-state index contributed by atoms with van der Waals surface area (Å²) in [5.74, 6) is -0.577. The van der Waals surface area contributed by atoms with Crippen molar-refractivity contribution in [2.24, 2.45) is 10.9 Å². The molecular weight excluding hydrogens is 415 g/mol. The molecule has 142 valence electrons. The normalized spacial score (nSPS) is 23.8. The highest BCUT2D eigenvalue weighted by molar-refractivity contribution is 8.18. The molecule has 1 aliphatic carbocycles. The van der Waals surface area contributed by atoms with Gasteiger partial charge in [-0.3, -0.25) is 4.99 Å².